The highest BCUT2D eigenvalue weighted by atomic mass is 35.5. The Balaban J connectivity index is 1.82. The van der Waals surface area contributed by atoms with Gasteiger partial charge in [-0.25, -0.2) is 0 Å². The lowest BCUT2D eigenvalue weighted by Gasteiger charge is -2.17. The van der Waals surface area contributed by atoms with E-state index in [0.717, 1.165) is 5.56 Å². The second-order valence-electron chi connectivity index (χ2n) is 5.17. The summed E-state index contributed by atoms with van der Waals surface area (Å²) in [5.74, 6) is -0.113. The number of hydrogen-bond donors (Lipinski definition) is 2. The fourth-order valence-electron chi connectivity index (χ4n) is 2.03. The van der Waals surface area contributed by atoms with Crippen molar-refractivity contribution in [2.75, 3.05) is 0 Å². The van der Waals surface area contributed by atoms with E-state index in [0.29, 0.717) is 17.2 Å². The van der Waals surface area contributed by atoms with E-state index < -0.39 is 12.0 Å². The van der Waals surface area contributed by atoms with Crippen molar-refractivity contribution in [3.63, 3.8) is 0 Å². The Kier molecular flexibility index (Phi) is 6.63. The van der Waals surface area contributed by atoms with Gasteiger partial charge in [-0.2, -0.15) is 0 Å². The molecule has 5 nitrogen and oxygen atoms in total. The average molecular weight is 347 g/mol. The second-order valence-corrected chi connectivity index (χ2v) is 5.60. The zero-order chi connectivity index (χ0) is 17.4. The van der Waals surface area contributed by atoms with Crippen molar-refractivity contribution in [2.45, 2.75) is 25.9 Å². The Morgan fingerprint density at radius 3 is 2.33 bits per heavy atom. The number of para-hydroxylation sites is 1. The summed E-state index contributed by atoms with van der Waals surface area (Å²) in [6.45, 7) is 1.84. The molecule has 1 atom stereocenters. The molecule has 0 fully saturated rings. The van der Waals surface area contributed by atoms with Gasteiger partial charge in [0, 0.05) is 5.02 Å². The maximum Gasteiger partial charge on any atom is 0.279 e. The molecule has 2 amide bonds. The number of hydrazine groups is 1. The Morgan fingerprint density at radius 2 is 1.71 bits per heavy atom. The Labute approximate surface area is 145 Å². The third kappa shape index (κ3) is 5.59. The fraction of sp³-hybridized carbons (Fsp3) is 0.222. The predicted octanol–water partition coefficient (Wildman–Crippen LogP) is 2.89. The van der Waals surface area contributed by atoms with Gasteiger partial charge < -0.3 is 4.74 Å². The van der Waals surface area contributed by atoms with Crippen molar-refractivity contribution in [1.82, 2.24) is 10.9 Å². The van der Waals surface area contributed by atoms with E-state index in [2.05, 4.69) is 10.9 Å². The van der Waals surface area contributed by atoms with Crippen LogP contribution in [0.5, 0.6) is 5.75 Å². The van der Waals surface area contributed by atoms with Crippen LogP contribution in [-0.4, -0.2) is 17.9 Å². The van der Waals surface area contributed by atoms with Crippen LogP contribution in [-0.2, 0) is 16.0 Å². The van der Waals surface area contributed by atoms with Gasteiger partial charge in [0.1, 0.15) is 5.75 Å². The Morgan fingerprint density at radius 1 is 1.04 bits per heavy atom. The van der Waals surface area contributed by atoms with Crippen LogP contribution < -0.4 is 15.6 Å². The van der Waals surface area contributed by atoms with Crippen molar-refractivity contribution in [3.05, 3.63) is 65.2 Å². The molecule has 2 aromatic carbocycles. The Bertz CT molecular complexity index is 674. The fourth-order valence-corrected chi connectivity index (χ4v) is 2.16. The molecule has 0 saturated heterocycles. The minimum atomic E-state index is -0.678. The highest BCUT2D eigenvalue weighted by Gasteiger charge is 2.18. The number of halogens is 1. The quantitative estimate of drug-likeness (QED) is 0.790. The van der Waals surface area contributed by atoms with E-state index in [9.17, 15) is 9.59 Å². The summed E-state index contributed by atoms with van der Waals surface area (Å²) in [7, 11) is 0. The normalized spacial score (nSPS) is 11.4. The first-order valence-corrected chi connectivity index (χ1v) is 8.01. The molecule has 126 valence electrons. The molecule has 0 heterocycles. The molecule has 0 saturated carbocycles. The largest absolute Gasteiger partial charge is 0.481 e. The smallest absolute Gasteiger partial charge is 0.279 e. The molecule has 0 aliphatic carbocycles. The van der Waals surface area contributed by atoms with E-state index >= 15 is 0 Å². The van der Waals surface area contributed by atoms with Gasteiger partial charge in [0.05, 0.1) is 6.42 Å². The third-order valence-corrected chi connectivity index (χ3v) is 3.54. The van der Waals surface area contributed by atoms with Crippen molar-refractivity contribution < 1.29 is 14.3 Å². The summed E-state index contributed by atoms with van der Waals surface area (Å²) in [6.07, 6.45) is -0.0510. The topological polar surface area (TPSA) is 67.4 Å². The number of nitrogens with one attached hydrogen (secondary N) is 2. The number of rotatable bonds is 6. The molecule has 6 heteroatoms. The van der Waals surface area contributed by atoms with Crippen LogP contribution in [0.15, 0.2) is 54.6 Å². The maximum atomic E-state index is 12.1. The minimum Gasteiger partial charge on any atom is -0.481 e. The highest BCUT2D eigenvalue weighted by molar-refractivity contribution is 6.30. The Hall–Kier alpha value is -2.53. The van der Waals surface area contributed by atoms with Gasteiger partial charge in [-0.05, 0) is 36.2 Å². The first-order valence-electron chi connectivity index (χ1n) is 7.63. The zero-order valence-electron chi connectivity index (χ0n) is 13.3. The van der Waals surface area contributed by atoms with Crippen molar-refractivity contribution >= 4 is 23.4 Å². The van der Waals surface area contributed by atoms with Crippen LogP contribution in [0.2, 0.25) is 5.02 Å². The molecule has 0 aromatic heterocycles. The number of carbonyl (C=O) groups excluding carboxylic acids is 2. The number of ether oxygens (including phenoxy) is 1. The summed E-state index contributed by atoms with van der Waals surface area (Å²) in [5.41, 5.74) is 5.59. The predicted molar refractivity (Wildman–Crippen MR) is 92.6 cm³/mol. The van der Waals surface area contributed by atoms with Crippen molar-refractivity contribution in [3.8, 4) is 5.75 Å². The molecule has 24 heavy (non-hydrogen) atoms. The molecular formula is C18H19ClN2O3. The molecule has 0 spiro atoms. The van der Waals surface area contributed by atoms with Gasteiger partial charge in [-0.1, -0.05) is 48.9 Å². The van der Waals surface area contributed by atoms with Gasteiger partial charge in [0.2, 0.25) is 5.91 Å². The summed E-state index contributed by atoms with van der Waals surface area (Å²) in [4.78, 5) is 24.0. The van der Waals surface area contributed by atoms with Gasteiger partial charge in [0.25, 0.3) is 5.91 Å². The first-order chi connectivity index (χ1) is 11.6. The van der Waals surface area contributed by atoms with Crippen molar-refractivity contribution in [2.24, 2.45) is 0 Å². The molecule has 2 aromatic rings. The van der Waals surface area contributed by atoms with E-state index in [1.54, 1.807) is 36.4 Å². The molecule has 2 rings (SSSR count). The van der Waals surface area contributed by atoms with E-state index in [1.807, 2.05) is 25.1 Å². The lowest BCUT2D eigenvalue weighted by Crippen LogP contribution is -2.48. The minimum absolute atomic E-state index is 0.147. The standard InChI is InChI=1S/C18H19ClN2O3/c1-2-16(24-15-6-4-3-5-7-15)18(23)21-20-17(22)12-13-8-10-14(19)11-9-13/h3-11,16H,2,12H2,1H3,(H,20,22)(H,21,23). The zero-order valence-corrected chi connectivity index (χ0v) is 14.0. The molecule has 0 radical (unpaired) electrons. The molecular weight excluding hydrogens is 328 g/mol. The van der Waals surface area contributed by atoms with Crippen LogP contribution in [0.4, 0.5) is 0 Å². The first kappa shape index (κ1) is 17.8. The molecule has 1 unspecified atom stereocenters. The van der Waals surface area contributed by atoms with Gasteiger partial charge in [-0.3, -0.25) is 20.4 Å². The second kappa shape index (κ2) is 8.93. The summed E-state index contributed by atoms with van der Waals surface area (Å²) in [5, 5.41) is 0.608. The maximum absolute atomic E-state index is 12.1. The van der Waals surface area contributed by atoms with E-state index in [-0.39, 0.29) is 12.3 Å². The SMILES string of the molecule is CCC(Oc1ccccc1)C(=O)NNC(=O)Cc1ccc(Cl)cc1. The summed E-state index contributed by atoms with van der Waals surface area (Å²) in [6, 6.07) is 16.0. The third-order valence-electron chi connectivity index (χ3n) is 3.29. The summed E-state index contributed by atoms with van der Waals surface area (Å²) < 4.78 is 5.61. The van der Waals surface area contributed by atoms with Crippen LogP contribution in [0.25, 0.3) is 0 Å². The molecule has 2 N–H and O–H groups in total. The summed E-state index contributed by atoms with van der Waals surface area (Å²) >= 11 is 5.80. The van der Waals surface area contributed by atoms with E-state index in [4.69, 9.17) is 16.3 Å². The monoisotopic (exact) mass is 346 g/mol. The van der Waals surface area contributed by atoms with E-state index in [1.165, 1.54) is 0 Å². The molecule has 0 aliphatic rings. The van der Waals surface area contributed by atoms with Crippen LogP contribution in [0.1, 0.15) is 18.9 Å². The lowest BCUT2D eigenvalue weighted by molar-refractivity contribution is -0.133. The van der Waals surface area contributed by atoms with Gasteiger partial charge in [-0.15, -0.1) is 0 Å². The highest BCUT2D eigenvalue weighted by Crippen LogP contribution is 2.12. The number of hydrogen-bond acceptors (Lipinski definition) is 3. The van der Waals surface area contributed by atoms with Crippen LogP contribution in [0, 0.1) is 0 Å². The number of benzene rings is 2. The van der Waals surface area contributed by atoms with Gasteiger partial charge >= 0.3 is 0 Å². The lowest BCUT2D eigenvalue weighted by atomic mass is 10.1. The number of amides is 2. The number of carbonyl (C=O) groups is 2. The average Bonchev–Trinajstić information content (AvgIpc) is 2.60. The molecule has 0 aliphatic heterocycles. The van der Waals surface area contributed by atoms with Gasteiger partial charge in [0.15, 0.2) is 6.10 Å². The molecule has 0 bridgehead atoms. The van der Waals surface area contributed by atoms with Crippen molar-refractivity contribution in [1.29, 1.82) is 0 Å². The van der Waals surface area contributed by atoms with Crippen LogP contribution >= 0.6 is 11.6 Å². The van der Waals surface area contributed by atoms with Crippen LogP contribution in [0.3, 0.4) is 0 Å².